The maximum Gasteiger partial charge on any atom is 0.338 e. The van der Waals surface area contributed by atoms with Gasteiger partial charge >= 0.3 is 11.9 Å². The van der Waals surface area contributed by atoms with Crippen molar-refractivity contribution in [3.05, 3.63) is 35.9 Å². The molecule has 0 spiro atoms. The van der Waals surface area contributed by atoms with E-state index in [-0.39, 0.29) is 6.42 Å². The minimum absolute atomic E-state index is 0.0874. The van der Waals surface area contributed by atoms with Crippen LogP contribution in [0.4, 0.5) is 0 Å². The van der Waals surface area contributed by atoms with Crippen molar-refractivity contribution in [1.29, 1.82) is 0 Å². The first-order valence-corrected chi connectivity index (χ1v) is 5.76. The van der Waals surface area contributed by atoms with Crippen LogP contribution in [0.3, 0.4) is 0 Å². The highest BCUT2D eigenvalue weighted by Crippen LogP contribution is 2.15. The predicted octanol–water partition coefficient (Wildman–Crippen LogP) is 0.274. The van der Waals surface area contributed by atoms with Crippen LogP contribution in [-0.4, -0.2) is 37.1 Å². The Morgan fingerprint density at radius 1 is 1.26 bits per heavy atom. The lowest BCUT2D eigenvalue weighted by Gasteiger charge is -2.09. The number of hydrogen-bond donors (Lipinski definition) is 1. The second-order valence-corrected chi connectivity index (χ2v) is 4.08. The van der Waals surface area contributed by atoms with Gasteiger partial charge in [0.2, 0.25) is 0 Å². The van der Waals surface area contributed by atoms with Gasteiger partial charge in [-0.2, -0.15) is 0 Å². The summed E-state index contributed by atoms with van der Waals surface area (Å²) in [5.74, 6) is -1.63. The summed E-state index contributed by atoms with van der Waals surface area (Å²) in [6.45, 7) is 0. The van der Waals surface area contributed by atoms with Crippen molar-refractivity contribution >= 4 is 17.8 Å². The molecule has 0 saturated carbocycles. The minimum Gasteiger partial charge on any atom is -0.467 e. The zero-order valence-electron chi connectivity index (χ0n) is 10.3. The van der Waals surface area contributed by atoms with Crippen molar-refractivity contribution in [1.82, 2.24) is 5.32 Å². The minimum atomic E-state index is -0.961. The Balaban J connectivity index is 1.99. The first kappa shape index (κ1) is 13.1. The van der Waals surface area contributed by atoms with E-state index in [9.17, 15) is 14.4 Å². The first-order valence-electron chi connectivity index (χ1n) is 5.76. The zero-order valence-corrected chi connectivity index (χ0v) is 10.3. The summed E-state index contributed by atoms with van der Waals surface area (Å²) in [5.41, 5.74) is 0.358. The monoisotopic (exact) mass is 263 g/mol. The van der Waals surface area contributed by atoms with E-state index < -0.39 is 30.0 Å². The number of hydrogen-bond acceptors (Lipinski definition) is 5. The molecule has 1 aromatic carbocycles. The van der Waals surface area contributed by atoms with Crippen molar-refractivity contribution in [2.75, 3.05) is 7.11 Å². The fraction of sp³-hybridized carbons (Fsp3) is 0.308. The number of esters is 2. The summed E-state index contributed by atoms with van der Waals surface area (Å²) in [5, 5.41) is 2.42. The van der Waals surface area contributed by atoms with Gasteiger partial charge in [-0.15, -0.1) is 0 Å². The van der Waals surface area contributed by atoms with E-state index in [1.54, 1.807) is 30.3 Å². The van der Waals surface area contributed by atoms with Gasteiger partial charge in [0.15, 0.2) is 6.10 Å². The number of amides is 1. The summed E-state index contributed by atoms with van der Waals surface area (Å²) >= 11 is 0. The molecule has 0 aromatic heterocycles. The number of methoxy groups -OCH3 is 1. The number of rotatable bonds is 3. The Hall–Kier alpha value is -2.37. The van der Waals surface area contributed by atoms with E-state index in [1.165, 1.54) is 7.11 Å². The van der Waals surface area contributed by atoms with E-state index in [2.05, 4.69) is 10.1 Å². The second-order valence-electron chi connectivity index (χ2n) is 4.08. The van der Waals surface area contributed by atoms with Crippen LogP contribution in [0, 0.1) is 0 Å². The normalized spacial score (nSPS) is 21.6. The fourth-order valence-electron chi connectivity index (χ4n) is 1.82. The third-order valence-electron chi connectivity index (χ3n) is 2.80. The highest BCUT2D eigenvalue weighted by Gasteiger charge is 2.39. The molecule has 2 atom stereocenters. The quantitative estimate of drug-likeness (QED) is 0.792. The predicted molar refractivity (Wildman–Crippen MR) is 64.2 cm³/mol. The Morgan fingerprint density at radius 3 is 2.58 bits per heavy atom. The van der Waals surface area contributed by atoms with E-state index >= 15 is 0 Å². The van der Waals surface area contributed by atoms with E-state index in [4.69, 9.17) is 4.74 Å². The number of benzene rings is 1. The smallest absolute Gasteiger partial charge is 0.338 e. The average molecular weight is 263 g/mol. The van der Waals surface area contributed by atoms with Crippen LogP contribution in [0.1, 0.15) is 16.8 Å². The summed E-state index contributed by atoms with van der Waals surface area (Å²) < 4.78 is 9.60. The van der Waals surface area contributed by atoms with Gasteiger partial charge in [0, 0.05) is 6.42 Å². The highest BCUT2D eigenvalue weighted by atomic mass is 16.6. The van der Waals surface area contributed by atoms with Crippen molar-refractivity contribution < 1.29 is 23.9 Å². The summed E-state index contributed by atoms with van der Waals surface area (Å²) in [6, 6.07) is 7.59. The molecular weight excluding hydrogens is 250 g/mol. The van der Waals surface area contributed by atoms with Crippen LogP contribution in [0.15, 0.2) is 30.3 Å². The molecule has 1 aliphatic rings. The lowest BCUT2D eigenvalue weighted by molar-refractivity contribution is -0.143. The molecule has 1 aliphatic heterocycles. The molecule has 6 heteroatoms. The molecule has 1 heterocycles. The standard InChI is InChI=1S/C13H13NO5/c1-18-13(17)9-7-10(11(15)14-9)19-12(16)8-5-3-2-4-6-8/h2-6,9-10H,7H2,1H3,(H,14,15)/t9-,10+/m0/s1. The molecule has 0 aliphatic carbocycles. The molecule has 0 bridgehead atoms. The van der Waals surface area contributed by atoms with Gasteiger partial charge in [0.05, 0.1) is 12.7 Å². The van der Waals surface area contributed by atoms with Crippen LogP contribution in [0.5, 0.6) is 0 Å². The first-order chi connectivity index (χ1) is 9.11. The van der Waals surface area contributed by atoms with Gasteiger partial charge < -0.3 is 14.8 Å². The molecule has 0 unspecified atom stereocenters. The Morgan fingerprint density at radius 2 is 1.95 bits per heavy atom. The van der Waals surface area contributed by atoms with Gasteiger partial charge in [-0.05, 0) is 12.1 Å². The van der Waals surface area contributed by atoms with Gasteiger partial charge in [0.25, 0.3) is 5.91 Å². The average Bonchev–Trinajstić information content (AvgIpc) is 2.80. The number of carbonyl (C=O) groups excluding carboxylic acids is 3. The Bertz CT molecular complexity index is 499. The fourth-order valence-corrected chi connectivity index (χ4v) is 1.82. The largest absolute Gasteiger partial charge is 0.467 e. The summed E-state index contributed by atoms with van der Waals surface area (Å²) in [6.07, 6.45) is -0.874. The van der Waals surface area contributed by atoms with Gasteiger partial charge in [-0.25, -0.2) is 9.59 Å². The van der Waals surface area contributed by atoms with Crippen molar-refractivity contribution in [2.24, 2.45) is 0 Å². The van der Waals surface area contributed by atoms with Crippen molar-refractivity contribution in [3.8, 4) is 0 Å². The highest BCUT2D eigenvalue weighted by molar-refractivity contribution is 5.95. The van der Waals surface area contributed by atoms with Crippen LogP contribution in [0.2, 0.25) is 0 Å². The molecule has 19 heavy (non-hydrogen) atoms. The molecule has 100 valence electrons. The van der Waals surface area contributed by atoms with Crippen LogP contribution in [0.25, 0.3) is 0 Å². The van der Waals surface area contributed by atoms with Crippen LogP contribution < -0.4 is 5.32 Å². The third kappa shape index (κ3) is 2.90. The van der Waals surface area contributed by atoms with Crippen LogP contribution >= 0.6 is 0 Å². The molecule has 1 saturated heterocycles. The Labute approximate surface area is 109 Å². The van der Waals surface area contributed by atoms with Gasteiger partial charge in [-0.1, -0.05) is 18.2 Å². The van der Waals surface area contributed by atoms with Crippen LogP contribution in [-0.2, 0) is 19.1 Å². The molecular formula is C13H13NO5. The molecule has 1 amide bonds. The molecule has 1 N–H and O–H groups in total. The SMILES string of the molecule is COC(=O)[C@@H]1C[C@@H](OC(=O)c2ccccc2)C(=O)N1. The second kappa shape index (κ2) is 5.51. The molecule has 6 nitrogen and oxygen atoms in total. The number of carbonyl (C=O) groups is 3. The zero-order chi connectivity index (χ0) is 13.8. The van der Waals surface area contributed by atoms with E-state index in [0.29, 0.717) is 5.56 Å². The number of ether oxygens (including phenoxy) is 2. The maximum absolute atomic E-state index is 11.8. The summed E-state index contributed by atoms with van der Waals surface area (Å²) in [7, 11) is 1.23. The topological polar surface area (TPSA) is 81.7 Å². The molecule has 2 rings (SSSR count). The molecule has 1 aromatic rings. The van der Waals surface area contributed by atoms with Gasteiger partial charge in [0.1, 0.15) is 6.04 Å². The number of nitrogens with one attached hydrogen (secondary N) is 1. The molecule has 1 fully saturated rings. The van der Waals surface area contributed by atoms with Crippen molar-refractivity contribution in [2.45, 2.75) is 18.6 Å². The maximum atomic E-state index is 11.8. The van der Waals surface area contributed by atoms with E-state index in [0.717, 1.165) is 0 Å². The third-order valence-corrected chi connectivity index (χ3v) is 2.80. The summed E-state index contributed by atoms with van der Waals surface area (Å²) in [4.78, 5) is 34.6. The molecule has 0 radical (unpaired) electrons. The van der Waals surface area contributed by atoms with Gasteiger partial charge in [-0.3, -0.25) is 4.79 Å². The lowest BCUT2D eigenvalue weighted by atomic mass is 10.2. The van der Waals surface area contributed by atoms with Crippen molar-refractivity contribution in [3.63, 3.8) is 0 Å². The Kier molecular flexibility index (Phi) is 3.79. The van der Waals surface area contributed by atoms with E-state index in [1.807, 2.05) is 0 Å². The lowest BCUT2D eigenvalue weighted by Crippen LogP contribution is -2.34.